The molecule has 0 aliphatic carbocycles. The Bertz CT molecular complexity index is 1050. The molecule has 5 nitrogen and oxygen atoms in total. The Labute approximate surface area is 168 Å². The topological polar surface area (TPSA) is 71.2 Å². The highest BCUT2D eigenvalue weighted by Crippen LogP contribution is 2.18. The minimum Gasteiger partial charge on any atom is -0.497 e. The van der Waals surface area contributed by atoms with E-state index in [0.29, 0.717) is 41.8 Å². The summed E-state index contributed by atoms with van der Waals surface area (Å²) in [6, 6.07) is 14.0. The first-order valence-electron chi connectivity index (χ1n) is 9.77. The van der Waals surface area contributed by atoms with Crippen LogP contribution in [0.4, 0.5) is 4.39 Å². The van der Waals surface area contributed by atoms with Crippen LogP contribution >= 0.6 is 0 Å². The summed E-state index contributed by atoms with van der Waals surface area (Å²) in [6.07, 6.45) is 2.85. The smallest absolute Gasteiger partial charge is 0.251 e. The molecule has 3 rings (SSSR count). The number of hydrogen-bond donors (Lipinski definition) is 2. The molecule has 0 fully saturated rings. The molecule has 0 saturated heterocycles. The zero-order valence-electron chi connectivity index (χ0n) is 16.5. The molecule has 1 aromatic heterocycles. The van der Waals surface area contributed by atoms with Crippen molar-refractivity contribution in [2.75, 3.05) is 13.7 Å². The summed E-state index contributed by atoms with van der Waals surface area (Å²) in [5.41, 5.74) is 1.80. The first kappa shape index (κ1) is 20.6. The van der Waals surface area contributed by atoms with Gasteiger partial charge in [0.2, 0.25) is 5.91 Å². The predicted molar refractivity (Wildman–Crippen MR) is 112 cm³/mol. The average Bonchev–Trinajstić information content (AvgIpc) is 2.72. The minimum atomic E-state index is -0.191. The first-order valence-corrected chi connectivity index (χ1v) is 9.77. The number of ether oxygens (including phenoxy) is 1. The number of fused-ring (bicyclic) bond motifs is 1. The van der Waals surface area contributed by atoms with Crippen LogP contribution in [0.3, 0.4) is 0 Å². The molecular weight excluding hydrogens is 371 g/mol. The van der Waals surface area contributed by atoms with Crippen LogP contribution in [-0.2, 0) is 17.6 Å². The number of halogens is 1. The quantitative estimate of drug-likeness (QED) is 0.541. The summed E-state index contributed by atoms with van der Waals surface area (Å²) < 4.78 is 18.7. The third kappa shape index (κ3) is 5.67. The van der Waals surface area contributed by atoms with Crippen LogP contribution < -0.4 is 15.6 Å². The van der Waals surface area contributed by atoms with Gasteiger partial charge in [-0.25, -0.2) is 4.39 Å². The highest BCUT2D eigenvalue weighted by atomic mass is 19.1. The molecule has 2 aromatic carbocycles. The molecule has 152 valence electrons. The predicted octanol–water partition coefficient (Wildman–Crippen LogP) is 3.75. The molecule has 1 heterocycles. The standard InChI is InChI=1S/C23H25FN2O3/c1-29-19-11-9-17-14-18(23(28)26-21(17)15-19)10-12-22(27)25-13-5-4-7-16-6-2-3-8-20(16)24/h2-3,6,8-9,11,14-15H,4-5,7,10,12-13H2,1H3,(H,25,27)(H,26,28). The lowest BCUT2D eigenvalue weighted by Crippen LogP contribution is -2.25. The maximum Gasteiger partial charge on any atom is 0.251 e. The molecule has 0 aliphatic rings. The van der Waals surface area contributed by atoms with Gasteiger partial charge in [0.1, 0.15) is 11.6 Å². The summed E-state index contributed by atoms with van der Waals surface area (Å²) in [6.45, 7) is 0.543. The molecule has 6 heteroatoms. The van der Waals surface area contributed by atoms with E-state index in [1.54, 1.807) is 25.3 Å². The molecule has 0 bridgehead atoms. The lowest BCUT2D eigenvalue weighted by Gasteiger charge is -2.07. The number of rotatable bonds is 9. The van der Waals surface area contributed by atoms with E-state index in [-0.39, 0.29) is 23.7 Å². The van der Waals surface area contributed by atoms with Crippen molar-refractivity contribution in [3.05, 3.63) is 75.8 Å². The third-order valence-electron chi connectivity index (χ3n) is 4.90. The number of methoxy groups -OCH3 is 1. The second kappa shape index (κ2) is 9.87. The lowest BCUT2D eigenvalue weighted by atomic mass is 10.1. The van der Waals surface area contributed by atoms with Gasteiger partial charge in [-0.3, -0.25) is 9.59 Å². The Kier molecular flexibility index (Phi) is 7.00. The number of nitrogens with one attached hydrogen (secondary N) is 2. The van der Waals surface area contributed by atoms with Crippen molar-refractivity contribution in [3.63, 3.8) is 0 Å². The van der Waals surface area contributed by atoms with Gasteiger partial charge in [0.05, 0.1) is 12.6 Å². The van der Waals surface area contributed by atoms with Crippen molar-refractivity contribution in [1.82, 2.24) is 10.3 Å². The molecular formula is C23H25FN2O3. The van der Waals surface area contributed by atoms with Crippen LogP contribution in [0.25, 0.3) is 10.9 Å². The summed E-state index contributed by atoms with van der Waals surface area (Å²) in [5, 5.41) is 3.76. The van der Waals surface area contributed by atoms with Gasteiger partial charge in [-0.05, 0) is 60.9 Å². The van der Waals surface area contributed by atoms with Crippen molar-refractivity contribution in [2.24, 2.45) is 0 Å². The Morgan fingerprint density at radius 2 is 1.90 bits per heavy atom. The van der Waals surface area contributed by atoms with Crippen LogP contribution in [0.1, 0.15) is 30.4 Å². The second-order valence-electron chi connectivity index (χ2n) is 6.98. The number of amides is 1. The summed E-state index contributed by atoms with van der Waals surface area (Å²) in [4.78, 5) is 27.1. The molecule has 2 N–H and O–H groups in total. The number of unbranched alkanes of at least 4 members (excludes halogenated alkanes) is 1. The number of hydrogen-bond acceptors (Lipinski definition) is 3. The Hall–Kier alpha value is -3.15. The third-order valence-corrected chi connectivity index (χ3v) is 4.90. The summed E-state index contributed by atoms with van der Waals surface area (Å²) in [5.74, 6) is 0.399. The SMILES string of the molecule is COc1ccc2cc(CCC(=O)NCCCCc3ccccc3F)c(=O)[nH]c2c1. The van der Waals surface area contributed by atoms with Crippen LogP contribution in [-0.4, -0.2) is 24.5 Å². The minimum absolute atomic E-state index is 0.0925. The normalized spacial score (nSPS) is 10.8. The molecule has 0 radical (unpaired) electrons. The number of H-pyrrole nitrogens is 1. The zero-order valence-corrected chi connectivity index (χ0v) is 16.5. The molecule has 0 aliphatic heterocycles. The van der Waals surface area contributed by atoms with Gasteiger partial charge in [-0.15, -0.1) is 0 Å². The highest BCUT2D eigenvalue weighted by Gasteiger charge is 2.08. The van der Waals surface area contributed by atoms with Crippen LogP contribution in [0.15, 0.2) is 53.3 Å². The molecule has 0 unspecified atom stereocenters. The van der Waals surface area contributed by atoms with Gasteiger partial charge < -0.3 is 15.0 Å². The fourth-order valence-corrected chi connectivity index (χ4v) is 3.24. The second-order valence-corrected chi connectivity index (χ2v) is 6.98. The molecule has 29 heavy (non-hydrogen) atoms. The van der Waals surface area contributed by atoms with E-state index in [4.69, 9.17) is 4.74 Å². The van der Waals surface area contributed by atoms with Gasteiger partial charge >= 0.3 is 0 Å². The van der Waals surface area contributed by atoms with E-state index >= 15 is 0 Å². The van der Waals surface area contributed by atoms with E-state index in [9.17, 15) is 14.0 Å². The van der Waals surface area contributed by atoms with Gasteiger partial charge in [-0.1, -0.05) is 18.2 Å². The Balaban J connectivity index is 1.44. The molecule has 1 amide bonds. The molecule has 0 atom stereocenters. The van der Waals surface area contributed by atoms with E-state index < -0.39 is 0 Å². The molecule has 3 aromatic rings. The van der Waals surface area contributed by atoms with Crippen molar-refractivity contribution >= 4 is 16.8 Å². The number of carbonyl (C=O) groups is 1. The van der Waals surface area contributed by atoms with Crippen molar-refractivity contribution in [2.45, 2.75) is 32.1 Å². The zero-order chi connectivity index (χ0) is 20.6. The average molecular weight is 396 g/mol. The van der Waals surface area contributed by atoms with Gasteiger partial charge in [0.25, 0.3) is 5.56 Å². The van der Waals surface area contributed by atoms with E-state index in [1.807, 2.05) is 24.3 Å². The molecule has 0 spiro atoms. The van der Waals surface area contributed by atoms with Crippen LogP contribution in [0, 0.1) is 5.82 Å². The summed E-state index contributed by atoms with van der Waals surface area (Å²) >= 11 is 0. The highest BCUT2D eigenvalue weighted by molar-refractivity contribution is 5.81. The number of aromatic amines is 1. The Morgan fingerprint density at radius 1 is 1.07 bits per heavy atom. The van der Waals surface area contributed by atoms with Crippen molar-refractivity contribution in [1.29, 1.82) is 0 Å². The van der Waals surface area contributed by atoms with Crippen molar-refractivity contribution in [3.8, 4) is 5.75 Å². The van der Waals surface area contributed by atoms with E-state index in [1.165, 1.54) is 6.07 Å². The van der Waals surface area contributed by atoms with E-state index in [2.05, 4.69) is 10.3 Å². The maximum atomic E-state index is 13.6. The lowest BCUT2D eigenvalue weighted by molar-refractivity contribution is -0.121. The molecule has 0 saturated carbocycles. The van der Waals surface area contributed by atoms with E-state index in [0.717, 1.165) is 18.2 Å². The number of benzene rings is 2. The van der Waals surface area contributed by atoms with Crippen LogP contribution in [0.5, 0.6) is 5.75 Å². The van der Waals surface area contributed by atoms with Crippen molar-refractivity contribution < 1.29 is 13.9 Å². The Morgan fingerprint density at radius 3 is 2.69 bits per heavy atom. The fourth-order valence-electron chi connectivity index (χ4n) is 3.24. The number of carbonyl (C=O) groups excluding carboxylic acids is 1. The number of aryl methyl sites for hydroxylation is 2. The first-order chi connectivity index (χ1) is 14.1. The fraction of sp³-hybridized carbons (Fsp3) is 0.304. The largest absolute Gasteiger partial charge is 0.497 e. The maximum absolute atomic E-state index is 13.6. The summed E-state index contributed by atoms with van der Waals surface area (Å²) in [7, 11) is 1.58. The number of aromatic nitrogens is 1. The monoisotopic (exact) mass is 396 g/mol. The van der Waals surface area contributed by atoms with Crippen LogP contribution in [0.2, 0.25) is 0 Å². The van der Waals surface area contributed by atoms with Gasteiger partial charge in [-0.2, -0.15) is 0 Å². The number of pyridine rings is 1. The van der Waals surface area contributed by atoms with Gasteiger partial charge in [0, 0.05) is 24.6 Å². The van der Waals surface area contributed by atoms with Gasteiger partial charge in [0.15, 0.2) is 0 Å².